The Morgan fingerprint density at radius 3 is 2.50 bits per heavy atom. The standard InChI is InChI=1S/C23H15FN2O2/c24-16-8-10-17(11-9-16)26-20-14-28-21-7-4-12-25-22(21)19(20)13-18(23(26)27)15-5-2-1-3-6-15/h1-13H,14H2. The maximum Gasteiger partial charge on any atom is 0.263 e. The lowest BCUT2D eigenvalue weighted by molar-refractivity contribution is 0.292. The zero-order chi connectivity index (χ0) is 19.1. The first-order valence-electron chi connectivity index (χ1n) is 8.91. The summed E-state index contributed by atoms with van der Waals surface area (Å²) >= 11 is 0. The number of pyridine rings is 2. The van der Waals surface area contributed by atoms with E-state index in [4.69, 9.17) is 4.74 Å². The molecule has 1 aliphatic rings. The van der Waals surface area contributed by atoms with Crippen LogP contribution >= 0.6 is 0 Å². The largest absolute Gasteiger partial charge is 0.485 e. The minimum atomic E-state index is -0.354. The van der Waals surface area contributed by atoms with E-state index in [0.717, 1.165) is 11.1 Å². The Morgan fingerprint density at radius 2 is 1.71 bits per heavy atom. The van der Waals surface area contributed by atoms with Crippen LogP contribution in [-0.4, -0.2) is 9.55 Å². The van der Waals surface area contributed by atoms with Crippen LogP contribution in [0.5, 0.6) is 5.75 Å². The van der Waals surface area contributed by atoms with Gasteiger partial charge in [-0.15, -0.1) is 0 Å². The van der Waals surface area contributed by atoms with Crippen LogP contribution in [0.2, 0.25) is 0 Å². The summed E-state index contributed by atoms with van der Waals surface area (Å²) in [4.78, 5) is 17.9. The molecular weight excluding hydrogens is 355 g/mol. The molecule has 0 bridgehead atoms. The van der Waals surface area contributed by atoms with E-state index in [9.17, 15) is 9.18 Å². The third-order valence-corrected chi connectivity index (χ3v) is 4.86. The smallest absolute Gasteiger partial charge is 0.263 e. The molecule has 0 saturated heterocycles. The molecule has 1 aliphatic heterocycles. The minimum absolute atomic E-state index is 0.181. The first-order valence-corrected chi connectivity index (χ1v) is 8.91. The molecule has 4 aromatic rings. The fraction of sp³-hybridized carbons (Fsp3) is 0.0435. The second kappa shape index (κ2) is 6.46. The molecule has 0 N–H and O–H groups in total. The lowest BCUT2D eigenvalue weighted by Crippen LogP contribution is -2.27. The number of halogens is 1. The number of nitrogens with zero attached hydrogens (tertiary/aromatic N) is 2. The van der Waals surface area contributed by atoms with Gasteiger partial charge in [0.15, 0.2) is 0 Å². The molecule has 5 heteroatoms. The molecule has 0 fully saturated rings. The van der Waals surface area contributed by atoms with Crippen molar-refractivity contribution in [3.8, 4) is 33.8 Å². The van der Waals surface area contributed by atoms with Crippen molar-refractivity contribution >= 4 is 0 Å². The zero-order valence-electron chi connectivity index (χ0n) is 14.8. The van der Waals surface area contributed by atoms with Crippen molar-refractivity contribution in [1.82, 2.24) is 9.55 Å². The molecular formula is C23H15FN2O2. The van der Waals surface area contributed by atoms with Gasteiger partial charge in [-0.1, -0.05) is 30.3 Å². The Balaban J connectivity index is 1.86. The van der Waals surface area contributed by atoms with Gasteiger partial charge in [0.2, 0.25) is 0 Å². The molecule has 2 aromatic carbocycles. The van der Waals surface area contributed by atoms with E-state index in [2.05, 4.69) is 4.98 Å². The predicted octanol–water partition coefficient (Wildman–Crippen LogP) is 4.60. The highest BCUT2D eigenvalue weighted by molar-refractivity contribution is 5.77. The number of fused-ring (bicyclic) bond motifs is 3. The van der Waals surface area contributed by atoms with E-state index in [0.29, 0.717) is 28.4 Å². The van der Waals surface area contributed by atoms with Gasteiger partial charge in [-0.25, -0.2) is 4.39 Å². The molecule has 4 nitrogen and oxygen atoms in total. The summed E-state index contributed by atoms with van der Waals surface area (Å²) in [5.41, 5.74) is 4.00. The van der Waals surface area contributed by atoms with Crippen molar-refractivity contribution in [1.29, 1.82) is 0 Å². The Bertz CT molecular complexity index is 1230. The topological polar surface area (TPSA) is 44.1 Å². The van der Waals surface area contributed by atoms with Crippen LogP contribution in [0, 0.1) is 5.82 Å². The first kappa shape index (κ1) is 16.4. The summed E-state index contributed by atoms with van der Waals surface area (Å²) < 4.78 is 20.9. The average Bonchev–Trinajstić information content (AvgIpc) is 2.74. The maximum absolute atomic E-state index is 13.5. The summed E-state index contributed by atoms with van der Waals surface area (Å²) in [6.07, 6.45) is 1.70. The summed E-state index contributed by atoms with van der Waals surface area (Å²) in [6, 6.07) is 20.9. The second-order valence-corrected chi connectivity index (χ2v) is 6.54. The van der Waals surface area contributed by atoms with Crippen LogP contribution in [0.25, 0.3) is 28.1 Å². The quantitative estimate of drug-likeness (QED) is 0.518. The summed E-state index contributed by atoms with van der Waals surface area (Å²) in [5, 5.41) is 0. The molecule has 0 unspecified atom stereocenters. The van der Waals surface area contributed by atoms with E-state index in [1.54, 1.807) is 22.9 Å². The van der Waals surface area contributed by atoms with Gasteiger partial charge >= 0.3 is 0 Å². The molecule has 0 saturated carbocycles. The summed E-state index contributed by atoms with van der Waals surface area (Å²) in [5.74, 6) is 0.325. The molecule has 0 spiro atoms. The number of hydrogen-bond acceptors (Lipinski definition) is 3. The second-order valence-electron chi connectivity index (χ2n) is 6.54. The fourth-order valence-corrected chi connectivity index (χ4v) is 3.54. The van der Waals surface area contributed by atoms with Gasteiger partial charge in [0.1, 0.15) is 23.9 Å². The highest BCUT2D eigenvalue weighted by atomic mass is 19.1. The summed E-state index contributed by atoms with van der Waals surface area (Å²) in [6.45, 7) is 0.232. The monoisotopic (exact) mass is 370 g/mol. The first-order chi connectivity index (χ1) is 13.7. The lowest BCUT2D eigenvalue weighted by atomic mass is 9.99. The molecule has 0 aliphatic carbocycles. The van der Waals surface area contributed by atoms with Gasteiger partial charge in [-0.3, -0.25) is 14.3 Å². The Kier molecular flexibility index (Phi) is 3.79. The van der Waals surface area contributed by atoms with E-state index in [1.807, 2.05) is 48.5 Å². The van der Waals surface area contributed by atoms with Crippen molar-refractivity contribution in [3.63, 3.8) is 0 Å². The molecule has 28 heavy (non-hydrogen) atoms. The molecule has 0 radical (unpaired) electrons. The van der Waals surface area contributed by atoms with Gasteiger partial charge in [-0.2, -0.15) is 0 Å². The number of rotatable bonds is 2. The zero-order valence-corrected chi connectivity index (χ0v) is 14.8. The maximum atomic E-state index is 13.5. The Labute approximate surface area is 160 Å². The molecule has 0 atom stereocenters. The van der Waals surface area contributed by atoms with Crippen molar-refractivity contribution in [2.45, 2.75) is 6.61 Å². The Morgan fingerprint density at radius 1 is 0.929 bits per heavy atom. The van der Waals surface area contributed by atoms with Gasteiger partial charge in [-0.05, 0) is 48.0 Å². The third kappa shape index (κ3) is 2.60. The number of benzene rings is 2. The van der Waals surface area contributed by atoms with E-state index >= 15 is 0 Å². The van der Waals surface area contributed by atoms with E-state index in [1.165, 1.54) is 12.1 Å². The molecule has 136 valence electrons. The lowest BCUT2D eigenvalue weighted by Gasteiger charge is -2.24. The van der Waals surface area contributed by atoms with Gasteiger partial charge in [0, 0.05) is 23.0 Å². The van der Waals surface area contributed by atoms with Gasteiger partial charge in [0.05, 0.1) is 5.69 Å². The van der Waals surface area contributed by atoms with E-state index in [-0.39, 0.29) is 18.0 Å². The minimum Gasteiger partial charge on any atom is -0.485 e. The van der Waals surface area contributed by atoms with E-state index < -0.39 is 0 Å². The predicted molar refractivity (Wildman–Crippen MR) is 105 cm³/mol. The highest BCUT2D eigenvalue weighted by Gasteiger charge is 2.25. The number of hydrogen-bond donors (Lipinski definition) is 0. The number of aromatic nitrogens is 2. The van der Waals surface area contributed by atoms with Gasteiger partial charge < -0.3 is 4.74 Å². The molecule has 0 amide bonds. The van der Waals surface area contributed by atoms with Crippen LogP contribution in [0.4, 0.5) is 4.39 Å². The average molecular weight is 370 g/mol. The molecule has 2 aromatic heterocycles. The molecule has 3 heterocycles. The van der Waals surface area contributed by atoms with Crippen LogP contribution < -0.4 is 10.3 Å². The highest BCUT2D eigenvalue weighted by Crippen LogP contribution is 2.37. The van der Waals surface area contributed by atoms with Crippen molar-refractivity contribution < 1.29 is 9.13 Å². The normalized spacial score (nSPS) is 12.0. The Hall–Kier alpha value is -3.73. The van der Waals surface area contributed by atoms with Gasteiger partial charge in [0.25, 0.3) is 5.56 Å². The summed E-state index contributed by atoms with van der Waals surface area (Å²) in [7, 11) is 0. The van der Waals surface area contributed by atoms with Crippen LogP contribution in [0.15, 0.2) is 83.8 Å². The van der Waals surface area contributed by atoms with Crippen molar-refractivity contribution in [3.05, 3.63) is 101 Å². The molecule has 5 rings (SSSR count). The third-order valence-electron chi connectivity index (χ3n) is 4.86. The van der Waals surface area contributed by atoms with Crippen LogP contribution in [-0.2, 0) is 6.61 Å². The fourth-order valence-electron chi connectivity index (χ4n) is 3.54. The van der Waals surface area contributed by atoms with Crippen molar-refractivity contribution in [2.75, 3.05) is 0 Å². The SMILES string of the molecule is O=c1c(-c2ccccc2)cc2c(n1-c1ccc(F)cc1)COc1cccnc1-2. The van der Waals surface area contributed by atoms with Crippen LogP contribution in [0.1, 0.15) is 5.69 Å². The number of ether oxygens (including phenoxy) is 1. The van der Waals surface area contributed by atoms with Crippen molar-refractivity contribution in [2.24, 2.45) is 0 Å². The van der Waals surface area contributed by atoms with Crippen LogP contribution in [0.3, 0.4) is 0 Å².